The van der Waals surface area contributed by atoms with E-state index in [1.54, 1.807) is 4.90 Å². The average Bonchev–Trinajstić information content (AvgIpc) is 2.86. The van der Waals surface area contributed by atoms with Crippen LogP contribution in [0.25, 0.3) is 0 Å². The molecular formula is C10H13N3O2. The molecule has 1 aliphatic carbocycles. The standard InChI is InChI=1S/C10H13N3O2/c14-9-2-1-5-13(9)6-8-11-10(15-12-8)7-3-4-7/h7H,1-6H2. The van der Waals surface area contributed by atoms with Gasteiger partial charge in [0.2, 0.25) is 11.8 Å². The van der Waals surface area contributed by atoms with Gasteiger partial charge in [-0.05, 0) is 19.3 Å². The molecule has 1 aromatic heterocycles. The molecule has 15 heavy (non-hydrogen) atoms. The monoisotopic (exact) mass is 207 g/mol. The molecule has 0 atom stereocenters. The van der Waals surface area contributed by atoms with Crippen molar-refractivity contribution in [2.45, 2.75) is 38.1 Å². The van der Waals surface area contributed by atoms with E-state index in [0.29, 0.717) is 24.7 Å². The van der Waals surface area contributed by atoms with Crippen LogP contribution in [0, 0.1) is 0 Å². The lowest BCUT2D eigenvalue weighted by atomic mass is 10.4. The summed E-state index contributed by atoms with van der Waals surface area (Å²) in [5.74, 6) is 2.08. The van der Waals surface area contributed by atoms with Crippen LogP contribution in [0.5, 0.6) is 0 Å². The minimum atomic E-state index is 0.202. The van der Waals surface area contributed by atoms with Gasteiger partial charge in [-0.1, -0.05) is 5.16 Å². The lowest BCUT2D eigenvalue weighted by Gasteiger charge is -2.11. The third kappa shape index (κ3) is 1.73. The molecule has 1 saturated carbocycles. The third-order valence-electron chi connectivity index (χ3n) is 2.91. The molecule has 0 radical (unpaired) electrons. The Hall–Kier alpha value is -1.39. The SMILES string of the molecule is O=C1CCCN1Cc1noc(C2CC2)n1. The number of carbonyl (C=O) groups excluding carboxylic acids is 1. The number of amides is 1. The van der Waals surface area contributed by atoms with Gasteiger partial charge >= 0.3 is 0 Å². The number of aromatic nitrogens is 2. The van der Waals surface area contributed by atoms with Crippen LogP contribution in [0.2, 0.25) is 0 Å². The Labute approximate surface area is 87.4 Å². The molecule has 3 rings (SSSR count). The van der Waals surface area contributed by atoms with Gasteiger partial charge in [0.1, 0.15) is 0 Å². The molecule has 2 fully saturated rings. The molecule has 1 aromatic rings. The number of carbonyl (C=O) groups is 1. The van der Waals surface area contributed by atoms with E-state index >= 15 is 0 Å². The summed E-state index contributed by atoms with van der Waals surface area (Å²) in [6.07, 6.45) is 3.92. The zero-order valence-electron chi connectivity index (χ0n) is 8.48. The maximum atomic E-state index is 11.4. The summed E-state index contributed by atoms with van der Waals surface area (Å²) in [6, 6.07) is 0. The van der Waals surface area contributed by atoms with Gasteiger partial charge in [-0.2, -0.15) is 4.98 Å². The molecule has 0 spiro atoms. The van der Waals surface area contributed by atoms with Gasteiger partial charge in [0.15, 0.2) is 5.82 Å². The van der Waals surface area contributed by atoms with Crippen molar-refractivity contribution in [2.24, 2.45) is 0 Å². The maximum Gasteiger partial charge on any atom is 0.229 e. The van der Waals surface area contributed by atoms with E-state index in [0.717, 1.165) is 31.7 Å². The summed E-state index contributed by atoms with van der Waals surface area (Å²) in [6.45, 7) is 1.33. The molecular weight excluding hydrogens is 194 g/mol. The van der Waals surface area contributed by atoms with Crippen LogP contribution in [-0.4, -0.2) is 27.5 Å². The number of hydrogen-bond acceptors (Lipinski definition) is 4. The third-order valence-corrected chi connectivity index (χ3v) is 2.91. The van der Waals surface area contributed by atoms with Crippen molar-refractivity contribution in [2.75, 3.05) is 6.54 Å². The first-order valence-electron chi connectivity index (χ1n) is 5.43. The Balaban J connectivity index is 1.67. The van der Waals surface area contributed by atoms with Crippen molar-refractivity contribution in [1.29, 1.82) is 0 Å². The fourth-order valence-corrected chi connectivity index (χ4v) is 1.87. The lowest BCUT2D eigenvalue weighted by Crippen LogP contribution is -2.24. The van der Waals surface area contributed by atoms with Gasteiger partial charge < -0.3 is 9.42 Å². The predicted octanol–water partition coefficient (Wildman–Crippen LogP) is 1.07. The van der Waals surface area contributed by atoms with E-state index < -0.39 is 0 Å². The average molecular weight is 207 g/mol. The van der Waals surface area contributed by atoms with Gasteiger partial charge in [0.25, 0.3) is 0 Å². The smallest absolute Gasteiger partial charge is 0.229 e. The summed E-state index contributed by atoms with van der Waals surface area (Å²) in [5.41, 5.74) is 0. The largest absolute Gasteiger partial charge is 0.339 e. The quantitative estimate of drug-likeness (QED) is 0.743. The van der Waals surface area contributed by atoms with Crippen molar-refractivity contribution in [3.63, 3.8) is 0 Å². The summed E-state index contributed by atoms with van der Waals surface area (Å²) in [5, 5.41) is 3.90. The lowest BCUT2D eigenvalue weighted by molar-refractivity contribution is -0.128. The van der Waals surface area contributed by atoms with Gasteiger partial charge in [-0.3, -0.25) is 4.79 Å². The van der Waals surface area contributed by atoms with Gasteiger partial charge in [-0.25, -0.2) is 0 Å². The van der Waals surface area contributed by atoms with Crippen LogP contribution in [0.15, 0.2) is 4.52 Å². The van der Waals surface area contributed by atoms with E-state index in [1.165, 1.54) is 0 Å². The zero-order valence-corrected chi connectivity index (χ0v) is 8.48. The molecule has 1 aliphatic heterocycles. The Morgan fingerprint density at radius 1 is 1.47 bits per heavy atom. The second-order valence-electron chi connectivity index (χ2n) is 4.24. The molecule has 80 valence electrons. The first-order valence-corrected chi connectivity index (χ1v) is 5.43. The predicted molar refractivity (Wildman–Crippen MR) is 50.9 cm³/mol. The fraction of sp³-hybridized carbons (Fsp3) is 0.700. The number of likely N-dealkylation sites (tertiary alicyclic amines) is 1. The van der Waals surface area contributed by atoms with Crippen LogP contribution in [0.1, 0.15) is 43.3 Å². The molecule has 2 aliphatic rings. The zero-order chi connectivity index (χ0) is 10.3. The topological polar surface area (TPSA) is 59.2 Å². The second-order valence-corrected chi connectivity index (χ2v) is 4.24. The van der Waals surface area contributed by atoms with E-state index in [9.17, 15) is 4.79 Å². The summed E-state index contributed by atoms with van der Waals surface area (Å²) in [4.78, 5) is 17.5. The maximum absolute atomic E-state index is 11.4. The molecule has 2 heterocycles. The van der Waals surface area contributed by atoms with Crippen LogP contribution in [0.4, 0.5) is 0 Å². The highest BCUT2D eigenvalue weighted by Crippen LogP contribution is 2.38. The van der Waals surface area contributed by atoms with Gasteiger partial charge in [-0.15, -0.1) is 0 Å². The molecule has 1 saturated heterocycles. The molecule has 1 amide bonds. The van der Waals surface area contributed by atoms with Crippen molar-refractivity contribution in [3.05, 3.63) is 11.7 Å². The van der Waals surface area contributed by atoms with Crippen LogP contribution in [0.3, 0.4) is 0 Å². The fourth-order valence-electron chi connectivity index (χ4n) is 1.87. The highest BCUT2D eigenvalue weighted by atomic mass is 16.5. The van der Waals surface area contributed by atoms with Crippen molar-refractivity contribution in [1.82, 2.24) is 15.0 Å². The molecule has 0 unspecified atom stereocenters. The molecule has 5 nitrogen and oxygen atoms in total. The Morgan fingerprint density at radius 3 is 3.00 bits per heavy atom. The first kappa shape index (κ1) is 8.88. The van der Waals surface area contributed by atoms with E-state index in [2.05, 4.69) is 10.1 Å². The van der Waals surface area contributed by atoms with Crippen molar-refractivity contribution < 1.29 is 9.32 Å². The van der Waals surface area contributed by atoms with Crippen LogP contribution >= 0.6 is 0 Å². The Kier molecular flexibility index (Phi) is 1.97. The first-order chi connectivity index (χ1) is 7.33. The minimum Gasteiger partial charge on any atom is -0.339 e. The second kappa shape index (κ2) is 3.32. The van der Waals surface area contributed by atoms with E-state index in [4.69, 9.17) is 4.52 Å². The van der Waals surface area contributed by atoms with E-state index in [1.807, 2.05) is 0 Å². The van der Waals surface area contributed by atoms with E-state index in [-0.39, 0.29) is 5.91 Å². The minimum absolute atomic E-state index is 0.202. The van der Waals surface area contributed by atoms with Crippen LogP contribution < -0.4 is 0 Å². The van der Waals surface area contributed by atoms with Crippen molar-refractivity contribution >= 4 is 5.91 Å². The van der Waals surface area contributed by atoms with Crippen molar-refractivity contribution in [3.8, 4) is 0 Å². The van der Waals surface area contributed by atoms with Crippen LogP contribution in [-0.2, 0) is 11.3 Å². The van der Waals surface area contributed by atoms with Gasteiger partial charge in [0.05, 0.1) is 6.54 Å². The molecule has 0 N–H and O–H groups in total. The highest BCUT2D eigenvalue weighted by Gasteiger charge is 2.30. The normalized spacial score (nSPS) is 21.3. The number of nitrogens with zero attached hydrogens (tertiary/aromatic N) is 3. The summed E-state index contributed by atoms with van der Waals surface area (Å²) in [7, 11) is 0. The number of hydrogen-bond donors (Lipinski definition) is 0. The molecule has 5 heteroatoms. The summed E-state index contributed by atoms with van der Waals surface area (Å²) < 4.78 is 5.14. The van der Waals surface area contributed by atoms with Gasteiger partial charge in [0, 0.05) is 18.9 Å². The Bertz CT molecular complexity index is 384. The Morgan fingerprint density at radius 2 is 2.33 bits per heavy atom. The molecule has 0 aromatic carbocycles. The molecule has 0 bridgehead atoms. The summed E-state index contributed by atoms with van der Waals surface area (Å²) >= 11 is 0. The highest BCUT2D eigenvalue weighted by molar-refractivity contribution is 5.77. The number of rotatable bonds is 3.